The Bertz CT molecular complexity index is 409. The summed E-state index contributed by atoms with van der Waals surface area (Å²) in [6.45, 7) is 5.47. The van der Waals surface area contributed by atoms with E-state index in [-0.39, 0.29) is 12.2 Å². The van der Waals surface area contributed by atoms with Gasteiger partial charge in [-0.05, 0) is 26.0 Å². The van der Waals surface area contributed by atoms with Gasteiger partial charge in [0.05, 0.1) is 23.5 Å². The van der Waals surface area contributed by atoms with E-state index in [0.717, 1.165) is 18.8 Å². The van der Waals surface area contributed by atoms with Crippen LogP contribution < -0.4 is 4.90 Å². The summed E-state index contributed by atoms with van der Waals surface area (Å²) < 4.78 is 5.65. The van der Waals surface area contributed by atoms with Crippen molar-refractivity contribution >= 4 is 11.7 Å². The van der Waals surface area contributed by atoms with Crippen LogP contribution in [0, 0.1) is 0 Å². The molecule has 0 radical (unpaired) electrons. The third kappa shape index (κ3) is 2.58. The monoisotopic (exact) mass is 235 g/mol. The van der Waals surface area contributed by atoms with Crippen LogP contribution in [0.3, 0.4) is 0 Å². The van der Waals surface area contributed by atoms with E-state index in [9.17, 15) is 9.90 Å². The standard InChI is InChI=1S/C13H17NO3/c1-9-7-14(8-10(2)17-9)12-6-4-3-5-11(12)13(15)16/h3-6,9-10H,7-8H2,1-2H3,(H,15,16)/t9-,10-/m0/s1. The van der Waals surface area contributed by atoms with E-state index in [4.69, 9.17) is 4.74 Å². The molecule has 4 heteroatoms. The molecule has 0 spiro atoms. The fourth-order valence-corrected chi connectivity index (χ4v) is 2.30. The highest BCUT2D eigenvalue weighted by Crippen LogP contribution is 2.24. The van der Waals surface area contributed by atoms with Gasteiger partial charge in [-0.25, -0.2) is 4.79 Å². The minimum Gasteiger partial charge on any atom is -0.478 e. The zero-order valence-electron chi connectivity index (χ0n) is 10.1. The largest absolute Gasteiger partial charge is 0.478 e. The Morgan fingerprint density at radius 3 is 2.47 bits per heavy atom. The Balaban J connectivity index is 2.30. The number of rotatable bonds is 2. The first-order valence-electron chi connectivity index (χ1n) is 5.80. The molecule has 92 valence electrons. The molecule has 1 aromatic carbocycles. The number of nitrogens with zero attached hydrogens (tertiary/aromatic N) is 1. The molecule has 2 rings (SSSR count). The average molecular weight is 235 g/mol. The molecule has 0 aliphatic carbocycles. The molecule has 1 aromatic rings. The molecule has 0 aromatic heterocycles. The number of aromatic carboxylic acids is 1. The zero-order valence-corrected chi connectivity index (χ0v) is 10.1. The van der Waals surface area contributed by atoms with Gasteiger partial charge in [0.25, 0.3) is 0 Å². The van der Waals surface area contributed by atoms with Gasteiger partial charge in [-0.2, -0.15) is 0 Å². The van der Waals surface area contributed by atoms with Crippen molar-refractivity contribution in [3.63, 3.8) is 0 Å². The predicted octanol–water partition coefficient (Wildman–Crippen LogP) is 2.00. The topological polar surface area (TPSA) is 49.8 Å². The van der Waals surface area contributed by atoms with Crippen molar-refractivity contribution < 1.29 is 14.6 Å². The van der Waals surface area contributed by atoms with Crippen molar-refractivity contribution in [2.24, 2.45) is 0 Å². The van der Waals surface area contributed by atoms with Crippen molar-refractivity contribution in [3.8, 4) is 0 Å². The number of para-hydroxylation sites is 1. The number of carboxylic acids is 1. The Labute approximate surface area is 101 Å². The molecule has 0 bridgehead atoms. The molecular formula is C13H17NO3. The maximum Gasteiger partial charge on any atom is 0.337 e. The Morgan fingerprint density at radius 1 is 1.29 bits per heavy atom. The van der Waals surface area contributed by atoms with Crippen LogP contribution in [0.15, 0.2) is 24.3 Å². The molecule has 1 N–H and O–H groups in total. The summed E-state index contributed by atoms with van der Waals surface area (Å²) in [6, 6.07) is 7.11. The van der Waals surface area contributed by atoms with Crippen molar-refractivity contribution in [3.05, 3.63) is 29.8 Å². The number of hydrogen-bond acceptors (Lipinski definition) is 3. The van der Waals surface area contributed by atoms with Crippen LogP contribution in [0.5, 0.6) is 0 Å². The Morgan fingerprint density at radius 2 is 1.88 bits per heavy atom. The van der Waals surface area contributed by atoms with Gasteiger partial charge >= 0.3 is 5.97 Å². The number of ether oxygens (including phenoxy) is 1. The first-order chi connectivity index (χ1) is 8.08. The van der Waals surface area contributed by atoms with E-state index in [1.807, 2.05) is 26.0 Å². The Hall–Kier alpha value is -1.55. The lowest BCUT2D eigenvalue weighted by Gasteiger charge is -2.37. The molecule has 17 heavy (non-hydrogen) atoms. The third-order valence-corrected chi connectivity index (χ3v) is 2.89. The normalized spacial score (nSPS) is 24.7. The minimum atomic E-state index is -0.882. The fourth-order valence-electron chi connectivity index (χ4n) is 2.30. The number of carbonyl (C=O) groups is 1. The van der Waals surface area contributed by atoms with Gasteiger partial charge in [-0.15, -0.1) is 0 Å². The molecule has 0 saturated carbocycles. The lowest BCUT2D eigenvalue weighted by atomic mass is 10.1. The minimum absolute atomic E-state index is 0.126. The number of carboxylic acid groups (broad SMARTS) is 1. The molecule has 1 aliphatic rings. The van der Waals surface area contributed by atoms with Gasteiger partial charge in [-0.1, -0.05) is 12.1 Å². The highest BCUT2D eigenvalue weighted by molar-refractivity contribution is 5.94. The second-order valence-electron chi connectivity index (χ2n) is 4.48. The van der Waals surface area contributed by atoms with Crippen LogP contribution in [0.2, 0.25) is 0 Å². The average Bonchev–Trinajstić information content (AvgIpc) is 2.27. The van der Waals surface area contributed by atoms with Crippen molar-refractivity contribution in [2.45, 2.75) is 26.1 Å². The summed E-state index contributed by atoms with van der Waals surface area (Å²) in [5.41, 5.74) is 1.14. The van der Waals surface area contributed by atoms with Crippen LogP contribution in [0.4, 0.5) is 5.69 Å². The van der Waals surface area contributed by atoms with Crippen LogP contribution in [-0.2, 0) is 4.74 Å². The van der Waals surface area contributed by atoms with E-state index >= 15 is 0 Å². The first kappa shape index (κ1) is 11.9. The molecule has 1 heterocycles. The predicted molar refractivity (Wildman–Crippen MR) is 65.6 cm³/mol. The van der Waals surface area contributed by atoms with Gasteiger partial charge in [0.1, 0.15) is 0 Å². The summed E-state index contributed by atoms with van der Waals surface area (Å²) >= 11 is 0. The third-order valence-electron chi connectivity index (χ3n) is 2.89. The SMILES string of the molecule is C[C@H]1CN(c2ccccc2C(=O)O)C[C@H](C)O1. The molecule has 0 unspecified atom stereocenters. The van der Waals surface area contributed by atoms with Crippen molar-refractivity contribution in [1.29, 1.82) is 0 Å². The van der Waals surface area contributed by atoms with Crippen LogP contribution in [-0.4, -0.2) is 36.4 Å². The van der Waals surface area contributed by atoms with Gasteiger partial charge in [0.2, 0.25) is 0 Å². The molecule has 1 fully saturated rings. The van der Waals surface area contributed by atoms with Gasteiger partial charge < -0.3 is 14.7 Å². The van der Waals surface area contributed by atoms with Crippen molar-refractivity contribution in [2.75, 3.05) is 18.0 Å². The first-order valence-corrected chi connectivity index (χ1v) is 5.80. The number of hydrogen-bond donors (Lipinski definition) is 1. The quantitative estimate of drug-likeness (QED) is 0.851. The molecular weight excluding hydrogens is 218 g/mol. The summed E-state index contributed by atoms with van der Waals surface area (Å²) in [7, 11) is 0. The lowest BCUT2D eigenvalue weighted by molar-refractivity contribution is -0.00531. The Kier molecular flexibility index (Phi) is 3.33. The van der Waals surface area contributed by atoms with Crippen molar-refractivity contribution in [1.82, 2.24) is 0 Å². The number of anilines is 1. The smallest absolute Gasteiger partial charge is 0.337 e. The summed E-state index contributed by atoms with van der Waals surface area (Å²) in [6.07, 6.45) is 0.251. The van der Waals surface area contributed by atoms with Crippen LogP contribution in [0.1, 0.15) is 24.2 Å². The maximum absolute atomic E-state index is 11.2. The number of benzene rings is 1. The van der Waals surface area contributed by atoms with Crippen LogP contribution in [0.25, 0.3) is 0 Å². The van der Waals surface area contributed by atoms with Crippen LogP contribution >= 0.6 is 0 Å². The molecule has 2 atom stereocenters. The zero-order chi connectivity index (χ0) is 12.4. The molecule has 4 nitrogen and oxygen atoms in total. The van der Waals surface area contributed by atoms with E-state index in [1.54, 1.807) is 12.1 Å². The number of morpholine rings is 1. The summed E-state index contributed by atoms with van der Waals surface area (Å²) in [4.78, 5) is 13.3. The highest BCUT2D eigenvalue weighted by Gasteiger charge is 2.24. The van der Waals surface area contributed by atoms with E-state index < -0.39 is 5.97 Å². The summed E-state index contributed by atoms with van der Waals surface area (Å²) in [5.74, 6) is -0.882. The van der Waals surface area contributed by atoms with Gasteiger partial charge in [0, 0.05) is 13.1 Å². The second-order valence-corrected chi connectivity index (χ2v) is 4.48. The summed E-state index contributed by atoms with van der Waals surface area (Å²) in [5, 5.41) is 9.17. The van der Waals surface area contributed by atoms with Gasteiger partial charge in [-0.3, -0.25) is 0 Å². The van der Waals surface area contributed by atoms with E-state index in [1.165, 1.54) is 0 Å². The fraction of sp³-hybridized carbons (Fsp3) is 0.462. The molecule has 1 saturated heterocycles. The molecule has 1 aliphatic heterocycles. The second kappa shape index (κ2) is 4.75. The van der Waals surface area contributed by atoms with Gasteiger partial charge in [0.15, 0.2) is 0 Å². The van der Waals surface area contributed by atoms with E-state index in [2.05, 4.69) is 4.90 Å². The highest BCUT2D eigenvalue weighted by atomic mass is 16.5. The lowest BCUT2D eigenvalue weighted by Crippen LogP contribution is -2.46. The van der Waals surface area contributed by atoms with E-state index in [0.29, 0.717) is 5.56 Å². The molecule has 0 amide bonds. The maximum atomic E-state index is 11.2.